The standard InChI is InChI=1S/C21H37N.ClH/c1-4-7-8-9-10-14-17-20(21(22,5-2)6-3)18-19-15-12-11-13-16-19;/h11-13,15-16,20H,4-10,14,17-18,22H2,1-3H3;1H. The van der Waals surface area contributed by atoms with Gasteiger partial charge < -0.3 is 5.73 Å². The van der Waals surface area contributed by atoms with Gasteiger partial charge in [-0.3, -0.25) is 0 Å². The van der Waals surface area contributed by atoms with E-state index < -0.39 is 0 Å². The Bertz CT molecular complexity index is 373. The second-order valence-corrected chi connectivity index (χ2v) is 6.88. The summed E-state index contributed by atoms with van der Waals surface area (Å²) in [6, 6.07) is 10.9. The van der Waals surface area contributed by atoms with Crippen molar-refractivity contribution in [1.29, 1.82) is 0 Å². The van der Waals surface area contributed by atoms with Gasteiger partial charge in [0.15, 0.2) is 0 Å². The molecular weight excluding hydrogens is 302 g/mol. The molecule has 1 atom stereocenters. The molecule has 1 rings (SSSR count). The van der Waals surface area contributed by atoms with Crippen LogP contribution >= 0.6 is 12.4 Å². The van der Waals surface area contributed by atoms with E-state index in [1.54, 1.807) is 0 Å². The van der Waals surface area contributed by atoms with Crippen LogP contribution in [0.15, 0.2) is 30.3 Å². The predicted molar refractivity (Wildman–Crippen MR) is 106 cm³/mol. The van der Waals surface area contributed by atoms with Crippen LogP contribution in [0.5, 0.6) is 0 Å². The molecule has 1 aromatic carbocycles. The molecule has 2 heteroatoms. The van der Waals surface area contributed by atoms with Crippen molar-refractivity contribution in [3.05, 3.63) is 35.9 Å². The van der Waals surface area contributed by atoms with Gasteiger partial charge in [-0.2, -0.15) is 0 Å². The van der Waals surface area contributed by atoms with Gasteiger partial charge in [-0.15, -0.1) is 12.4 Å². The first kappa shape index (κ1) is 22.5. The molecule has 0 aliphatic rings. The minimum absolute atomic E-state index is 0. The first-order chi connectivity index (χ1) is 10.7. The van der Waals surface area contributed by atoms with Gasteiger partial charge in [-0.1, -0.05) is 89.6 Å². The van der Waals surface area contributed by atoms with Gasteiger partial charge in [0.1, 0.15) is 0 Å². The molecule has 0 saturated carbocycles. The lowest BCUT2D eigenvalue weighted by molar-refractivity contribution is 0.229. The van der Waals surface area contributed by atoms with Crippen molar-refractivity contribution in [2.45, 2.75) is 90.5 Å². The summed E-state index contributed by atoms with van der Waals surface area (Å²) in [7, 11) is 0. The zero-order chi connectivity index (χ0) is 16.3. The van der Waals surface area contributed by atoms with Crippen LogP contribution < -0.4 is 5.73 Å². The number of hydrogen-bond acceptors (Lipinski definition) is 1. The van der Waals surface area contributed by atoms with Crippen LogP contribution in [-0.4, -0.2) is 5.54 Å². The van der Waals surface area contributed by atoms with E-state index in [9.17, 15) is 0 Å². The molecule has 0 radical (unpaired) electrons. The van der Waals surface area contributed by atoms with E-state index in [0.29, 0.717) is 5.92 Å². The summed E-state index contributed by atoms with van der Waals surface area (Å²) in [5, 5.41) is 0. The Balaban J connectivity index is 0.00000484. The van der Waals surface area contributed by atoms with Crippen molar-refractivity contribution in [2.24, 2.45) is 11.7 Å². The summed E-state index contributed by atoms with van der Waals surface area (Å²) in [6.07, 6.45) is 12.8. The number of nitrogens with two attached hydrogens (primary N) is 1. The molecule has 2 N–H and O–H groups in total. The van der Waals surface area contributed by atoms with Gasteiger partial charge in [0.25, 0.3) is 0 Å². The third-order valence-electron chi connectivity index (χ3n) is 5.36. The third-order valence-corrected chi connectivity index (χ3v) is 5.36. The average molecular weight is 340 g/mol. The molecular formula is C21H38ClN. The molecule has 0 bridgehead atoms. The highest BCUT2D eigenvalue weighted by molar-refractivity contribution is 5.85. The van der Waals surface area contributed by atoms with Gasteiger partial charge in [-0.05, 0) is 37.2 Å². The number of halogens is 1. The third kappa shape index (κ3) is 8.22. The van der Waals surface area contributed by atoms with Crippen molar-refractivity contribution < 1.29 is 0 Å². The normalized spacial score (nSPS) is 12.7. The summed E-state index contributed by atoms with van der Waals surface area (Å²) in [4.78, 5) is 0. The lowest BCUT2D eigenvalue weighted by atomic mass is 9.74. The van der Waals surface area contributed by atoms with Crippen LogP contribution in [0.25, 0.3) is 0 Å². The van der Waals surface area contributed by atoms with Gasteiger partial charge in [0, 0.05) is 5.54 Å². The maximum absolute atomic E-state index is 6.75. The molecule has 1 unspecified atom stereocenters. The maximum Gasteiger partial charge on any atom is 0.0180 e. The van der Waals surface area contributed by atoms with Crippen LogP contribution in [0.2, 0.25) is 0 Å². The quantitative estimate of drug-likeness (QED) is 0.430. The molecule has 0 heterocycles. The molecule has 0 fully saturated rings. The van der Waals surface area contributed by atoms with E-state index in [2.05, 4.69) is 51.1 Å². The Morgan fingerprint density at radius 2 is 1.43 bits per heavy atom. The summed E-state index contributed by atoms with van der Waals surface area (Å²) in [6.45, 7) is 6.78. The lowest BCUT2D eigenvalue weighted by Gasteiger charge is -2.36. The summed E-state index contributed by atoms with van der Waals surface area (Å²) in [5.74, 6) is 0.607. The van der Waals surface area contributed by atoms with Crippen molar-refractivity contribution in [1.82, 2.24) is 0 Å². The fourth-order valence-corrected chi connectivity index (χ4v) is 3.49. The zero-order valence-electron chi connectivity index (χ0n) is 15.5. The van der Waals surface area contributed by atoms with Gasteiger partial charge >= 0.3 is 0 Å². The Hall–Kier alpha value is -0.530. The van der Waals surface area contributed by atoms with E-state index in [1.807, 2.05) is 0 Å². The van der Waals surface area contributed by atoms with Crippen molar-refractivity contribution in [2.75, 3.05) is 0 Å². The van der Waals surface area contributed by atoms with Gasteiger partial charge in [-0.25, -0.2) is 0 Å². The highest BCUT2D eigenvalue weighted by Gasteiger charge is 2.30. The monoisotopic (exact) mass is 339 g/mol. The van der Waals surface area contributed by atoms with Crippen LogP contribution in [0.1, 0.15) is 84.1 Å². The number of rotatable bonds is 12. The average Bonchev–Trinajstić information content (AvgIpc) is 2.57. The second-order valence-electron chi connectivity index (χ2n) is 6.88. The lowest BCUT2D eigenvalue weighted by Crippen LogP contribution is -2.47. The van der Waals surface area contributed by atoms with Crippen LogP contribution in [0.3, 0.4) is 0 Å². The molecule has 1 aromatic rings. The molecule has 0 amide bonds. The molecule has 0 aromatic heterocycles. The minimum atomic E-state index is -0.000734. The zero-order valence-corrected chi connectivity index (χ0v) is 16.3. The SMILES string of the molecule is CCCCCCCCC(Cc1ccccc1)C(N)(CC)CC.Cl. The Morgan fingerprint density at radius 1 is 0.870 bits per heavy atom. The van der Waals surface area contributed by atoms with Crippen LogP contribution in [-0.2, 0) is 6.42 Å². The van der Waals surface area contributed by atoms with Crippen molar-refractivity contribution in [3.8, 4) is 0 Å². The largest absolute Gasteiger partial charge is 0.325 e. The second kappa shape index (κ2) is 12.8. The van der Waals surface area contributed by atoms with E-state index in [1.165, 1.54) is 50.5 Å². The topological polar surface area (TPSA) is 26.0 Å². The molecule has 0 aliphatic carbocycles. The van der Waals surface area contributed by atoms with Crippen molar-refractivity contribution in [3.63, 3.8) is 0 Å². The van der Waals surface area contributed by atoms with E-state index in [4.69, 9.17) is 5.73 Å². The Kier molecular flexibility index (Phi) is 12.5. The number of benzene rings is 1. The van der Waals surface area contributed by atoms with E-state index >= 15 is 0 Å². The minimum Gasteiger partial charge on any atom is -0.325 e. The Labute approximate surface area is 150 Å². The summed E-state index contributed by atoms with van der Waals surface area (Å²) in [5.41, 5.74) is 8.19. The fourth-order valence-electron chi connectivity index (χ4n) is 3.49. The Morgan fingerprint density at radius 3 is 2.00 bits per heavy atom. The first-order valence-corrected chi connectivity index (χ1v) is 9.49. The molecule has 0 spiro atoms. The van der Waals surface area contributed by atoms with Crippen LogP contribution in [0.4, 0.5) is 0 Å². The first-order valence-electron chi connectivity index (χ1n) is 9.49. The molecule has 134 valence electrons. The number of hydrogen-bond donors (Lipinski definition) is 1. The highest BCUT2D eigenvalue weighted by Crippen LogP contribution is 2.30. The van der Waals surface area contributed by atoms with Gasteiger partial charge in [0.2, 0.25) is 0 Å². The van der Waals surface area contributed by atoms with Crippen LogP contribution in [0, 0.1) is 5.92 Å². The van der Waals surface area contributed by atoms with Gasteiger partial charge in [0.05, 0.1) is 0 Å². The maximum atomic E-state index is 6.75. The fraction of sp³-hybridized carbons (Fsp3) is 0.714. The highest BCUT2D eigenvalue weighted by atomic mass is 35.5. The summed E-state index contributed by atoms with van der Waals surface area (Å²) >= 11 is 0. The summed E-state index contributed by atoms with van der Waals surface area (Å²) < 4.78 is 0. The molecule has 1 nitrogen and oxygen atoms in total. The molecule has 0 saturated heterocycles. The molecule has 23 heavy (non-hydrogen) atoms. The smallest absolute Gasteiger partial charge is 0.0180 e. The van der Waals surface area contributed by atoms with E-state index in [0.717, 1.165) is 19.3 Å². The predicted octanol–water partition coefficient (Wildman–Crippen LogP) is 6.54. The number of unbranched alkanes of at least 4 members (excludes halogenated alkanes) is 5. The molecule has 0 aliphatic heterocycles. The van der Waals surface area contributed by atoms with E-state index in [-0.39, 0.29) is 17.9 Å². The van der Waals surface area contributed by atoms with Crippen molar-refractivity contribution >= 4 is 12.4 Å².